The zero-order chi connectivity index (χ0) is 20.2. The second-order valence-electron chi connectivity index (χ2n) is 7.70. The quantitative estimate of drug-likeness (QED) is 0.713. The molecule has 1 aliphatic rings. The highest BCUT2D eigenvalue weighted by molar-refractivity contribution is 5.93. The number of aryl methyl sites for hydroxylation is 1. The summed E-state index contributed by atoms with van der Waals surface area (Å²) in [5.41, 5.74) is 2.75. The van der Waals surface area contributed by atoms with Crippen LogP contribution in [0.3, 0.4) is 0 Å². The van der Waals surface area contributed by atoms with E-state index in [1.807, 2.05) is 6.92 Å². The van der Waals surface area contributed by atoms with Crippen LogP contribution in [0.5, 0.6) is 0 Å². The van der Waals surface area contributed by atoms with Gasteiger partial charge < -0.3 is 5.32 Å². The molecule has 1 heterocycles. The highest BCUT2D eigenvalue weighted by atomic mass is 19.1. The van der Waals surface area contributed by atoms with Gasteiger partial charge in [0.1, 0.15) is 5.82 Å². The molecule has 0 aliphatic carbocycles. The van der Waals surface area contributed by atoms with E-state index >= 15 is 0 Å². The molecule has 29 heavy (non-hydrogen) atoms. The van der Waals surface area contributed by atoms with Crippen molar-refractivity contribution in [2.75, 3.05) is 38.0 Å². The van der Waals surface area contributed by atoms with E-state index in [1.165, 1.54) is 28.5 Å². The molecule has 3 aromatic carbocycles. The Hall–Kier alpha value is -2.76. The number of nitrogens with one attached hydrogen (secondary N) is 1. The first-order valence-corrected chi connectivity index (χ1v) is 10.1. The van der Waals surface area contributed by atoms with E-state index < -0.39 is 0 Å². The van der Waals surface area contributed by atoms with Gasteiger partial charge in [-0.15, -0.1) is 0 Å². The molecule has 1 saturated heterocycles. The lowest BCUT2D eigenvalue weighted by molar-refractivity contribution is -0.117. The largest absolute Gasteiger partial charge is 0.325 e. The maximum absolute atomic E-state index is 13.4. The van der Waals surface area contributed by atoms with E-state index in [9.17, 15) is 9.18 Å². The summed E-state index contributed by atoms with van der Waals surface area (Å²) in [7, 11) is 0. The molecule has 1 N–H and O–H groups in total. The van der Waals surface area contributed by atoms with Crippen molar-refractivity contribution in [3.05, 3.63) is 77.6 Å². The summed E-state index contributed by atoms with van der Waals surface area (Å²) in [4.78, 5) is 17.0. The van der Waals surface area contributed by atoms with Crippen LogP contribution in [0.1, 0.15) is 11.1 Å². The number of fused-ring (bicyclic) bond motifs is 1. The molecule has 4 nitrogen and oxygen atoms in total. The number of hydrogen-bond donors (Lipinski definition) is 1. The average molecular weight is 391 g/mol. The average Bonchev–Trinajstić information content (AvgIpc) is 2.72. The molecule has 3 aromatic rings. The van der Waals surface area contributed by atoms with Crippen molar-refractivity contribution >= 4 is 22.4 Å². The van der Waals surface area contributed by atoms with Crippen molar-refractivity contribution in [1.82, 2.24) is 9.80 Å². The lowest BCUT2D eigenvalue weighted by Gasteiger charge is -2.34. The van der Waals surface area contributed by atoms with Crippen LogP contribution in [-0.2, 0) is 11.3 Å². The van der Waals surface area contributed by atoms with Gasteiger partial charge in [-0.05, 0) is 41.0 Å². The molecular formula is C24H26FN3O. The molecule has 1 fully saturated rings. The third-order valence-electron chi connectivity index (χ3n) is 5.58. The van der Waals surface area contributed by atoms with Crippen LogP contribution in [0.25, 0.3) is 10.8 Å². The Morgan fingerprint density at radius 1 is 0.966 bits per heavy atom. The van der Waals surface area contributed by atoms with E-state index in [4.69, 9.17) is 0 Å². The molecule has 0 unspecified atom stereocenters. The first-order valence-electron chi connectivity index (χ1n) is 10.1. The highest BCUT2D eigenvalue weighted by Gasteiger charge is 2.20. The third kappa shape index (κ3) is 4.81. The summed E-state index contributed by atoms with van der Waals surface area (Å²) in [6, 6.07) is 19.4. The molecule has 0 radical (unpaired) electrons. The molecule has 1 amide bonds. The van der Waals surface area contributed by atoms with Crippen molar-refractivity contribution in [2.24, 2.45) is 0 Å². The smallest absolute Gasteiger partial charge is 0.238 e. The Balaban J connectivity index is 1.30. The molecule has 0 atom stereocenters. The second kappa shape index (κ2) is 8.72. The number of nitrogens with zero attached hydrogens (tertiary/aromatic N) is 2. The molecule has 0 saturated carbocycles. The number of benzene rings is 3. The molecule has 5 heteroatoms. The maximum Gasteiger partial charge on any atom is 0.238 e. The maximum atomic E-state index is 13.4. The van der Waals surface area contributed by atoms with Crippen molar-refractivity contribution in [2.45, 2.75) is 13.5 Å². The standard InChI is InChI=1S/C24H26FN3O/c1-18-9-10-21(25)15-23(18)26-24(29)17-28-13-11-27(12-14-28)16-20-7-4-6-19-5-2-3-8-22(19)20/h2-10,15H,11-14,16-17H2,1H3,(H,26,29). The van der Waals surface area contributed by atoms with E-state index in [1.54, 1.807) is 6.07 Å². The number of hydrogen-bond acceptors (Lipinski definition) is 3. The fourth-order valence-corrected chi connectivity index (χ4v) is 3.90. The number of carbonyl (C=O) groups is 1. The Labute approximate surface area is 170 Å². The van der Waals surface area contributed by atoms with Crippen LogP contribution in [0.4, 0.5) is 10.1 Å². The number of carbonyl (C=O) groups excluding carboxylic acids is 1. The van der Waals surface area contributed by atoms with E-state index in [0.717, 1.165) is 38.3 Å². The normalized spacial score (nSPS) is 15.5. The van der Waals surface area contributed by atoms with Crippen LogP contribution in [-0.4, -0.2) is 48.4 Å². The number of piperazine rings is 1. The van der Waals surface area contributed by atoms with Crippen LogP contribution >= 0.6 is 0 Å². The minimum atomic E-state index is -0.340. The third-order valence-corrected chi connectivity index (χ3v) is 5.58. The molecule has 0 aromatic heterocycles. The Kier molecular flexibility index (Phi) is 5.88. The van der Waals surface area contributed by atoms with Crippen LogP contribution < -0.4 is 5.32 Å². The topological polar surface area (TPSA) is 35.6 Å². The molecule has 4 rings (SSSR count). The summed E-state index contributed by atoms with van der Waals surface area (Å²) >= 11 is 0. The fraction of sp³-hybridized carbons (Fsp3) is 0.292. The second-order valence-corrected chi connectivity index (χ2v) is 7.70. The molecule has 1 aliphatic heterocycles. The Morgan fingerprint density at radius 2 is 1.69 bits per heavy atom. The summed E-state index contributed by atoms with van der Waals surface area (Å²) < 4.78 is 13.4. The zero-order valence-corrected chi connectivity index (χ0v) is 16.7. The highest BCUT2D eigenvalue weighted by Crippen LogP contribution is 2.21. The molecule has 150 valence electrons. The molecular weight excluding hydrogens is 365 g/mol. The van der Waals surface area contributed by atoms with Crippen molar-refractivity contribution < 1.29 is 9.18 Å². The zero-order valence-electron chi connectivity index (χ0n) is 16.7. The van der Waals surface area contributed by atoms with Gasteiger partial charge in [0.05, 0.1) is 6.54 Å². The van der Waals surface area contributed by atoms with E-state index in [0.29, 0.717) is 12.2 Å². The SMILES string of the molecule is Cc1ccc(F)cc1NC(=O)CN1CCN(Cc2cccc3ccccc23)CC1. The Morgan fingerprint density at radius 3 is 2.52 bits per heavy atom. The van der Waals surface area contributed by atoms with Gasteiger partial charge >= 0.3 is 0 Å². The summed E-state index contributed by atoms with van der Waals surface area (Å²) in [5.74, 6) is -0.436. The van der Waals surface area contributed by atoms with Gasteiger partial charge in [0.25, 0.3) is 0 Å². The monoisotopic (exact) mass is 391 g/mol. The molecule has 0 spiro atoms. The Bertz CT molecular complexity index is 1010. The summed E-state index contributed by atoms with van der Waals surface area (Å²) in [5, 5.41) is 5.41. The fourth-order valence-electron chi connectivity index (χ4n) is 3.90. The van der Waals surface area contributed by atoms with Crippen LogP contribution in [0.2, 0.25) is 0 Å². The van der Waals surface area contributed by atoms with Gasteiger partial charge in [-0.2, -0.15) is 0 Å². The molecule has 0 bridgehead atoms. The van der Waals surface area contributed by atoms with Gasteiger partial charge in [-0.25, -0.2) is 4.39 Å². The van der Waals surface area contributed by atoms with Crippen molar-refractivity contribution in [3.8, 4) is 0 Å². The van der Waals surface area contributed by atoms with Gasteiger partial charge in [0.2, 0.25) is 5.91 Å². The van der Waals surface area contributed by atoms with Crippen molar-refractivity contribution in [1.29, 1.82) is 0 Å². The van der Waals surface area contributed by atoms with Gasteiger partial charge in [-0.1, -0.05) is 48.5 Å². The van der Waals surface area contributed by atoms with Gasteiger partial charge in [0, 0.05) is 38.4 Å². The van der Waals surface area contributed by atoms with E-state index in [2.05, 4.69) is 57.6 Å². The minimum absolute atomic E-state index is 0.0961. The number of rotatable bonds is 5. The first kappa shape index (κ1) is 19.6. The lowest BCUT2D eigenvalue weighted by atomic mass is 10.0. The van der Waals surface area contributed by atoms with E-state index in [-0.39, 0.29) is 11.7 Å². The number of anilines is 1. The minimum Gasteiger partial charge on any atom is -0.325 e. The number of halogens is 1. The summed E-state index contributed by atoms with van der Waals surface area (Å²) in [6.45, 7) is 6.66. The first-order chi connectivity index (χ1) is 14.1. The lowest BCUT2D eigenvalue weighted by Crippen LogP contribution is -2.48. The van der Waals surface area contributed by atoms with Gasteiger partial charge in [-0.3, -0.25) is 14.6 Å². The van der Waals surface area contributed by atoms with Crippen LogP contribution in [0.15, 0.2) is 60.7 Å². The number of amides is 1. The summed E-state index contributed by atoms with van der Waals surface area (Å²) in [6.07, 6.45) is 0. The predicted octanol–water partition coefficient (Wildman–Crippen LogP) is 4.04. The predicted molar refractivity (Wildman–Crippen MR) is 115 cm³/mol. The van der Waals surface area contributed by atoms with Crippen molar-refractivity contribution in [3.63, 3.8) is 0 Å². The van der Waals surface area contributed by atoms with Crippen LogP contribution in [0, 0.1) is 12.7 Å². The van der Waals surface area contributed by atoms with Gasteiger partial charge in [0.15, 0.2) is 0 Å².